The highest BCUT2D eigenvalue weighted by Gasteiger charge is 2.23. The fourth-order valence-corrected chi connectivity index (χ4v) is 2.43. The maximum atomic E-state index is 3.63. The van der Waals surface area contributed by atoms with Crippen LogP contribution in [0.1, 0.15) is 24.4 Å². The zero-order valence-corrected chi connectivity index (χ0v) is 11.5. The van der Waals surface area contributed by atoms with Gasteiger partial charge in [-0.15, -0.1) is 0 Å². The van der Waals surface area contributed by atoms with Crippen molar-refractivity contribution in [1.82, 2.24) is 10.2 Å². The number of nitrogens with zero attached hydrogens (tertiary/aromatic N) is 1. The van der Waals surface area contributed by atoms with Crippen molar-refractivity contribution in [2.75, 3.05) is 20.6 Å². The van der Waals surface area contributed by atoms with Gasteiger partial charge in [-0.3, -0.25) is 0 Å². The SMILES string of the molecule is CN(C)C(CNC1CC1)c1ccccc1Br. The summed E-state index contributed by atoms with van der Waals surface area (Å²) in [5.41, 5.74) is 1.36. The van der Waals surface area contributed by atoms with Crippen LogP contribution >= 0.6 is 15.9 Å². The molecule has 1 N–H and O–H groups in total. The largest absolute Gasteiger partial charge is 0.312 e. The molecule has 2 rings (SSSR count). The van der Waals surface area contributed by atoms with Crippen LogP contribution in [-0.2, 0) is 0 Å². The number of hydrogen-bond acceptors (Lipinski definition) is 2. The van der Waals surface area contributed by atoms with Gasteiger partial charge in [-0.25, -0.2) is 0 Å². The lowest BCUT2D eigenvalue weighted by molar-refractivity contribution is 0.287. The number of hydrogen-bond donors (Lipinski definition) is 1. The minimum Gasteiger partial charge on any atom is -0.312 e. The summed E-state index contributed by atoms with van der Waals surface area (Å²) in [5, 5.41) is 3.60. The molecule has 2 nitrogen and oxygen atoms in total. The quantitative estimate of drug-likeness (QED) is 0.894. The Morgan fingerprint density at radius 1 is 1.38 bits per heavy atom. The Hall–Kier alpha value is -0.380. The second kappa shape index (κ2) is 5.30. The highest BCUT2D eigenvalue weighted by atomic mass is 79.9. The van der Waals surface area contributed by atoms with E-state index in [1.54, 1.807) is 0 Å². The van der Waals surface area contributed by atoms with Gasteiger partial charge in [0.15, 0.2) is 0 Å². The molecule has 0 bridgehead atoms. The Kier molecular flexibility index (Phi) is 4.00. The molecule has 16 heavy (non-hydrogen) atoms. The summed E-state index contributed by atoms with van der Waals surface area (Å²) >= 11 is 3.63. The van der Waals surface area contributed by atoms with Crippen LogP contribution in [0.2, 0.25) is 0 Å². The highest BCUT2D eigenvalue weighted by Crippen LogP contribution is 2.27. The zero-order valence-electron chi connectivity index (χ0n) is 9.91. The van der Waals surface area contributed by atoms with Crippen molar-refractivity contribution in [3.05, 3.63) is 34.3 Å². The Labute approximate surface area is 106 Å². The first-order chi connectivity index (χ1) is 7.68. The van der Waals surface area contributed by atoms with E-state index in [4.69, 9.17) is 0 Å². The molecule has 3 heteroatoms. The summed E-state index contributed by atoms with van der Waals surface area (Å²) in [4.78, 5) is 2.27. The van der Waals surface area contributed by atoms with Gasteiger partial charge in [-0.05, 0) is 38.6 Å². The van der Waals surface area contributed by atoms with Crippen LogP contribution in [0.3, 0.4) is 0 Å². The molecule has 1 fully saturated rings. The summed E-state index contributed by atoms with van der Waals surface area (Å²) in [7, 11) is 4.28. The third kappa shape index (κ3) is 3.06. The van der Waals surface area contributed by atoms with E-state index in [0.717, 1.165) is 12.6 Å². The molecule has 1 aromatic carbocycles. The standard InChI is InChI=1S/C13H19BrN2/c1-16(2)13(9-15-10-7-8-10)11-5-3-4-6-12(11)14/h3-6,10,13,15H,7-9H2,1-2H3. The van der Waals surface area contributed by atoms with Crippen LogP contribution < -0.4 is 5.32 Å². The third-order valence-electron chi connectivity index (χ3n) is 3.06. The van der Waals surface area contributed by atoms with Crippen molar-refractivity contribution >= 4 is 15.9 Å². The molecule has 0 saturated heterocycles. The Bertz CT molecular complexity index is 348. The average molecular weight is 283 g/mol. The maximum Gasteiger partial charge on any atom is 0.0478 e. The van der Waals surface area contributed by atoms with E-state index in [1.165, 1.54) is 22.9 Å². The molecule has 1 atom stereocenters. The van der Waals surface area contributed by atoms with Crippen LogP contribution in [-0.4, -0.2) is 31.6 Å². The van der Waals surface area contributed by atoms with Gasteiger partial charge < -0.3 is 10.2 Å². The van der Waals surface area contributed by atoms with Gasteiger partial charge in [0.05, 0.1) is 0 Å². The predicted molar refractivity (Wildman–Crippen MR) is 71.6 cm³/mol. The van der Waals surface area contributed by atoms with E-state index in [1.807, 2.05) is 0 Å². The molecule has 1 aliphatic rings. The van der Waals surface area contributed by atoms with Gasteiger partial charge in [0, 0.05) is 23.1 Å². The monoisotopic (exact) mass is 282 g/mol. The Morgan fingerprint density at radius 2 is 2.06 bits per heavy atom. The lowest BCUT2D eigenvalue weighted by atomic mass is 10.1. The third-order valence-corrected chi connectivity index (χ3v) is 3.79. The lowest BCUT2D eigenvalue weighted by Gasteiger charge is -2.26. The van der Waals surface area contributed by atoms with E-state index in [2.05, 4.69) is 64.5 Å². The van der Waals surface area contributed by atoms with Gasteiger partial charge in [0.25, 0.3) is 0 Å². The van der Waals surface area contributed by atoms with Crippen molar-refractivity contribution in [2.45, 2.75) is 24.9 Å². The second-order valence-electron chi connectivity index (χ2n) is 4.68. The molecule has 1 unspecified atom stereocenters. The second-order valence-corrected chi connectivity index (χ2v) is 5.54. The molecule has 0 amide bonds. The summed E-state index contributed by atoms with van der Waals surface area (Å²) < 4.78 is 1.20. The van der Waals surface area contributed by atoms with Gasteiger partial charge in [-0.1, -0.05) is 34.1 Å². The number of nitrogens with one attached hydrogen (secondary N) is 1. The van der Waals surface area contributed by atoms with Crippen LogP contribution in [0, 0.1) is 0 Å². The first-order valence-electron chi connectivity index (χ1n) is 5.82. The van der Waals surface area contributed by atoms with Gasteiger partial charge in [0.1, 0.15) is 0 Å². The van der Waals surface area contributed by atoms with Crippen LogP contribution in [0.5, 0.6) is 0 Å². The lowest BCUT2D eigenvalue weighted by Crippen LogP contribution is -2.32. The molecule has 0 heterocycles. The fourth-order valence-electron chi connectivity index (χ4n) is 1.88. The first-order valence-corrected chi connectivity index (χ1v) is 6.62. The average Bonchev–Trinajstić information content (AvgIpc) is 3.04. The van der Waals surface area contributed by atoms with E-state index in [9.17, 15) is 0 Å². The topological polar surface area (TPSA) is 15.3 Å². The van der Waals surface area contributed by atoms with Crippen molar-refractivity contribution in [1.29, 1.82) is 0 Å². The summed E-state index contributed by atoms with van der Waals surface area (Å²) in [6.07, 6.45) is 2.69. The summed E-state index contributed by atoms with van der Waals surface area (Å²) in [6, 6.07) is 9.69. The molecule has 0 aliphatic heterocycles. The minimum atomic E-state index is 0.441. The van der Waals surface area contributed by atoms with Crippen molar-refractivity contribution in [3.63, 3.8) is 0 Å². The zero-order chi connectivity index (χ0) is 11.5. The molecule has 0 spiro atoms. The molecule has 0 radical (unpaired) electrons. The van der Waals surface area contributed by atoms with Crippen LogP contribution in [0.25, 0.3) is 0 Å². The van der Waals surface area contributed by atoms with Crippen molar-refractivity contribution in [3.8, 4) is 0 Å². The molecular weight excluding hydrogens is 264 g/mol. The minimum absolute atomic E-state index is 0.441. The Morgan fingerprint density at radius 3 is 2.62 bits per heavy atom. The number of benzene rings is 1. The number of rotatable bonds is 5. The first kappa shape index (κ1) is 12.1. The molecular formula is C13H19BrN2. The van der Waals surface area contributed by atoms with E-state index in [-0.39, 0.29) is 0 Å². The number of likely N-dealkylation sites (N-methyl/N-ethyl adjacent to an activating group) is 1. The molecule has 0 aromatic heterocycles. The molecule has 1 aliphatic carbocycles. The molecule has 88 valence electrons. The predicted octanol–water partition coefficient (Wildman–Crippen LogP) is 2.80. The summed E-state index contributed by atoms with van der Waals surface area (Å²) in [5.74, 6) is 0. The van der Waals surface area contributed by atoms with Gasteiger partial charge in [-0.2, -0.15) is 0 Å². The number of halogens is 1. The van der Waals surface area contributed by atoms with Gasteiger partial charge >= 0.3 is 0 Å². The molecule has 1 saturated carbocycles. The van der Waals surface area contributed by atoms with Crippen LogP contribution in [0.4, 0.5) is 0 Å². The van der Waals surface area contributed by atoms with Gasteiger partial charge in [0.2, 0.25) is 0 Å². The molecule has 1 aromatic rings. The van der Waals surface area contributed by atoms with Crippen molar-refractivity contribution in [2.24, 2.45) is 0 Å². The smallest absolute Gasteiger partial charge is 0.0478 e. The normalized spacial score (nSPS) is 17.8. The van der Waals surface area contributed by atoms with E-state index < -0.39 is 0 Å². The fraction of sp³-hybridized carbons (Fsp3) is 0.538. The maximum absolute atomic E-state index is 3.63. The van der Waals surface area contributed by atoms with Crippen molar-refractivity contribution < 1.29 is 0 Å². The Balaban J connectivity index is 2.08. The van der Waals surface area contributed by atoms with Crippen LogP contribution in [0.15, 0.2) is 28.7 Å². The summed E-state index contributed by atoms with van der Waals surface area (Å²) in [6.45, 7) is 1.03. The highest BCUT2D eigenvalue weighted by molar-refractivity contribution is 9.10. The van der Waals surface area contributed by atoms with E-state index >= 15 is 0 Å². The van der Waals surface area contributed by atoms with E-state index in [0.29, 0.717) is 6.04 Å².